The van der Waals surface area contributed by atoms with E-state index in [1.54, 1.807) is 28.9 Å². The molecule has 1 aromatic carbocycles. The number of rotatable bonds is 2. The molecule has 0 aliphatic carbocycles. The lowest BCUT2D eigenvalue weighted by atomic mass is 9.84. The van der Waals surface area contributed by atoms with Gasteiger partial charge in [-0.2, -0.15) is 0 Å². The van der Waals surface area contributed by atoms with Crippen LogP contribution in [0, 0.1) is 0 Å². The molecule has 7 nitrogen and oxygen atoms in total. The number of carbonyl (C=O) groups excluding carboxylic acids is 2. The van der Waals surface area contributed by atoms with E-state index in [1.807, 2.05) is 24.3 Å². The highest BCUT2D eigenvalue weighted by Crippen LogP contribution is 2.41. The van der Waals surface area contributed by atoms with Crippen LogP contribution in [0.25, 0.3) is 5.65 Å². The van der Waals surface area contributed by atoms with Gasteiger partial charge in [-0.25, -0.2) is 9.78 Å². The smallest absolute Gasteiger partial charge is 0.325 e. The van der Waals surface area contributed by atoms with Crippen LogP contribution >= 0.6 is 11.6 Å². The van der Waals surface area contributed by atoms with Crippen molar-refractivity contribution in [3.63, 3.8) is 0 Å². The Hall–Kier alpha value is -3.06. The second-order valence-electron chi connectivity index (χ2n) is 6.67. The summed E-state index contributed by atoms with van der Waals surface area (Å²) in [7, 11) is 0. The number of hydrogen-bond donors (Lipinski definition) is 1. The number of pyridine rings is 1. The first-order chi connectivity index (χ1) is 13.1. The molecule has 1 spiro atoms. The number of benzene rings is 1. The third kappa shape index (κ3) is 2.39. The van der Waals surface area contributed by atoms with E-state index in [0.29, 0.717) is 40.7 Å². The summed E-state index contributed by atoms with van der Waals surface area (Å²) < 4.78 is 7.42. The number of para-hydroxylation sites is 1. The van der Waals surface area contributed by atoms with E-state index >= 15 is 0 Å². The van der Waals surface area contributed by atoms with Crippen LogP contribution in [0.2, 0.25) is 5.02 Å². The van der Waals surface area contributed by atoms with Gasteiger partial charge in [-0.3, -0.25) is 9.69 Å². The van der Waals surface area contributed by atoms with Crippen LogP contribution in [0.5, 0.6) is 5.75 Å². The van der Waals surface area contributed by atoms with Gasteiger partial charge in [0, 0.05) is 24.4 Å². The molecule has 2 aromatic heterocycles. The van der Waals surface area contributed by atoms with Crippen molar-refractivity contribution >= 4 is 29.2 Å². The van der Waals surface area contributed by atoms with Crippen LogP contribution in [0.4, 0.5) is 4.79 Å². The van der Waals surface area contributed by atoms with Gasteiger partial charge < -0.3 is 14.5 Å². The molecule has 2 aliphatic rings. The van der Waals surface area contributed by atoms with E-state index in [1.165, 1.54) is 4.90 Å². The normalized spacial score (nSPS) is 21.4. The van der Waals surface area contributed by atoms with Crippen LogP contribution in [0.15, 0.2) is 48.8 Å². The lowest BCUT2D eigenvalue weighted by Gasteiger charge is -2.33. The maximum atomic E-state index is 13.3. The highest BCUT2D eigenvalue weighted by Gasteiger charge is 2.54. The van der Waals surface area contributed by atoms with Crippen molar-refractivity contribution in [2.75, 3.05) is 6.61 Å². The maximum absolute atomic E-state index is 13.3. The number of ether oxygens (including phenoxy) is 1. The van der Waals surface area contributed by atoms with E-state index in [9.17, 15) is 9.59 Å². The Morgan fingerprint density at radius 1 is 1.19 bits per heavy atom. The molecule has 3 aromatic rings. The largest absolute Gasteiger partial charge is 0.493 e. The summed E-state index contributed by atoms with van der Waals surface area (Å²) in [5.74, 6) is 0.347. The Bertz CT molecular complexity index is 1100. The van der Waals surface area contributed by atoms with E-state index in [0.717, 1.165) is 0 Å². The molecule has 2 aliphatic heterocycles. The number of nitrogens with one attached hydrogen (secondary N) is 1. The van der Waals surface area contributed by atoms with Crippen molar-refractivity contribution in [3.8, 4) is 5.75 Å². The van der Waals surface area contributed by atoms with Crippen molar-refractivity contribution in [2.24, 2.45) is 0 Å². The molecule has 1 fully saturated rings. The second kappa shape index (κ2) is 5.72. The molecule has 1 saturated heterocycles. The summed E-state index contributed by atoms with van der Waals surface area (Å²) in [6.07, 6.45) is 3.89. The number of carbonyl (C=O) groups is 2. The monoisotopic (exact) mass is 382 g/mol. The van der Waals surface area contributed by atoms with Gasteiger partial charge >= 0.3 is 6.03 Å². The molecule has 3 amide bonds. The Labute approximate surface area is 159 Å². The number of nitrogens with zero attached hydrogens (tertiary/aromatic N) is 3. The van der Waals surface area contributed by atoms with Gasteiger partial charge in [0.1, 0.15) is 11.4 Å². The van der Waals surface area contributed by atoms with Crippen LogP contribution in [0.1, 0.15) is 17.7 Å². The number of imidazole rings is 1. The number of halogens is 1. The van der Waals surface area contributed by atoms with E-state index < -0.39 is 11.6 Å². The maximum Gasteiger partial charge on any atom is 0.325 e. The molecule has 27 heavy (non-hydrogen) atoms. The number of hydrogen-bond acceptors (Lipinski definition) is 4. The first kappa shape index (κ1) is 16.1. The molecule has 0 unspecified atom stereocenters. The van der Waals surface area contributed by atoms with Crippen LogP contribution in [-0.4, -0.2) is 32.8 Å². The number of imide groups is 1. The highest BCUT2D eigenvalue weighted by molar-refractivity contribution is 6.30. The van der Waals surface area contributed by atoms with Gasteiger partial charge in [0.2, 0.25) is 0 Å². The fraction of sp³-hybridized carbons (Fsp3) is 0.211. The third-order valence-corrected chi connectivity index (χ3v) is 5.27. The number of amides is 3. The Morgan fingerprint density at radius 3 is 2.93 bits per heavy atom. The minimum Gasteiger partial charge on any atom is -0.493 e. The van der Waals surface area contributed by atoms with Crippen molar-refractivity contribution in [1.29, 1.82) is 0 Å². The minimum absolute atomic E-state index is 0.0920. The van der Waals surface area contributed by atoms with Crippen molar-refractivity contribution in [3.05, 3.63) is 65.1 Å². The van der Waals surface area contributed by atoms with E-state index in [4.69, 9.17) is 16.3 Å². The van der Waals surface area contributed by atoms with Crippen LogP contribution in [0.3, 0.4) is 0 Å². The molecule has 0 saturated carbocycles. The quantitative estimate of drug-likeness (QED) is 0.691. The van der Waals surface area contributed by atoms with Crippen molar-refractivity contribution in [1.82, 2.24) is 19.6 Å². The summed E-state index contributed by atoms with van der Waals surface area (Å²) >= 11 is 6.00. The minimum atomic E-state index is -1.08. The Kier molecular flexibility index (Phi) is 3.42. The molecular formula is C19H15ClN4O3. The molecular weight excluding hydrogens is 368 g/mol. The summed E-state index contributed by atoms with van der Waals surface area (Å²) in [6.45, 7) is 0.457. The number of urea groups is 1. The lowest BCUT2D eigenvalue weighted by molar-refractivity contribution is -0.133. The second-order valence-corrected chi connectivity index (χ2v) is 7.10. The molecule has 1 atom stereocenters. The highest BCUT2D eigenvalue weighted by atomic mass is 35.5. The number of fused-ring (bicyclic) bond motifs is 3. The molecule has 1 N–H and O–H groups in total. The van der Waals surface area contributed by atoms with E-state index in [2.05, 4.69) is 10.3 Å². The van der Waals surface area contributed by atoms with Gasteiger partial charge in [-0.05, 0) is 18.2 Å². The van der Waals surface area contributed by atoms with Gasteiger partial charge in [0.15, 0.2) is 5.54 Å². The van der Waals surface area contributed by atoms with Crippen molar-refractivity contribution in [2.45, 2.75) is 18.5 Å². The van der Waals surface area contributed by atoms with Crippen molar-refractivity contribution < 1.29 is 14.3 Å². The molecule has 8 heteroatoms. The van der Waals surface area contributed by atoms with E-state index in [-0.39, 0.29) is 12.5 Å². The predicted octanol–water partition coefficient (Wildman–Crippen LogP) is 2.72. The molecule has 4 heterocycles. The Morgan fingerprint density at radius 2 is 2.04 bits per heavy atom. The van der Waals surface area contributed by atoms with Gasteiger partial charge in [0.25, 0.3) is 5.91 Å². The topological polar surface area (TPSA) is 75.9 Å². The fourth-order valence-corrected chi connectivity index (χ4v) is 3.94. The van der Waals surface area contributed by atoms with Gasteiger partial charge in [0.05, 0.1) is 23.9 Å². The molecule has 5 rings (SSSR count). The molecule has 136 valence electrons. The zero-order chi connectivity index (χ0) is 18.6. The zero-order valence-corrected chi connectivity index (χ0v) is 14.9. The first-order valence-electron chi connectivity index (χ1n) is 8.56. The fourth-order valence-electron chi connectivity index (χ4n) is 3.77. The Balaban J connectivity index is 1.50. The lowest BCUT2D eigenvalue weighted by Crippen LogP contribution is -2.47. The van der Waals surface area contributed by atoms with Crippen LogP contribution in [-0.2, 0) is 16.9 Å². The first-order valence-corrected chi connectivity index (χ1v) is 8.94. The summed E-state index contributed by atoms with van der Waals surface area (Å²) in [5.41, 5.74) is 0.929. The average molecular weight is 383 g/mol. The average Bonchev–Trinajstić information content (AvgIpc) is 3.16. The summed E-state index contributed by atoms with van der Waals surface area (Å²) in [6, 6.07) is 10.4. The molecule has 0 radical (unpaired) electrons. The van der Waals surface area contributed by atoms with Gasteiger partial charge in [-0.1, -0.05) is 29.8 Å². The third-order valence-electron chi connectivity index (χ3n) is 5.04. The van der Waals surface area contributed by atoms with Gasteiger partial charge in [-0.15, -0.1) is 0 Å². The summed E-state index contributed by atoms with van der Waals surface area (Å²) in [4.78, 5) is 31.6. The standard InChI is InChI=1S/C19H15ClN4O3/c20-12-5-6-16-21-13(10-23(16)9-12)11-24-17(25)19(22-18(24)26)7-8-27-15-4-2-1-3-14(15)19/h1-6,9-10H,7-8,11H2,(H,22,26)/t19-/m1/s1. The summed E-state index contributed by atoms with van der Waals surface area (Å²) in [5, 5.41) is 3.47. The SMILES string of the molecule is O=C1N[C@@]2(CCOc3ccccc32)C(=O)N1Cc1cn2cc(Cl)ccc2n1. The molecule has 0 bridgehead atoms. The predicted molar refractivity (Wildman–Crippen MR) is 97.5 cm³/mol. The number of aromatic nitrogens is 2. The van der Waals surface area contributed by atoms with Crippen LogP contribution < -0.4 is 10.1 Å². The zero-order valence-electron chi connectivity index (χ0n) is 14.2.